The smallest absolute Gasteiger partial charge is 0.364 e. The van der Waals surface area contributed by atoms with E-state index in [4.69, 9.17) is 24.1 Å². The van der Waals surface area contributed by atoms with Crippen molar-refractivity contribution in [2.45, 2.75) is 74.9 Å². The van der Waals surface area contributed by atoms with Gasteiger partial charge in [0, 0.05) is 18.9 Å². The molecule has 6 rings (SSSR count). The van der Waals surface area contributed by atoms with E-state index in [1.807, 2.05) is 0 Å². The van der Waals surface area contributed by atoms with Crippen molar-refractivity contribution in [3.63, 3.8) is 0 Å². The molecular formula is C25H33NO8. The van der Waals surface area contributed by atoms with Gasteiger partial charge in [0.2, 0.25) is 6.79 Å². The van der Waals surface area contributed by atoms with Crippen LogP contribution in [0.5, 0.6) is 11.5 Å². The average molecular weight is 476 g/mol. The predicted molar refractivity (Wildman–Crippen MR) is 121 cm³/mol. The largest absolute Gasteiger partial charge is 0.499 e. The Hall–Kier alpha value is -2.33. The fraction of sp³-hybridized carbons (Fsp3) is 0.640. The fourth-order valence-electron chi connectivity index (χ4n) is 6.17. The molecule has 0 saturated carbocycles. The van der Waals surface area contributed by atoms with E-state index in [0.29, 0.717) is 12.2 Å². The zero-order valence-corrected chi connectivity index (χ0v) is 19.9. The Balaban J connectivity index is 0.000000186. The van der Waals surface area contributed by atoms with Crippen LogP contribution in [0.25, 0.3) is 0 Å². The summed E-state index contributed by atoms with van der Waals surface area (Å²) >= 11 is 0. The number of carboxylic acid groups (broad SMARTS) is 1. The van der Waals surface area contributed by atoms with Gasteiger partial charge in [0.15, 0.2) is 11.5 Å². The number of aliphatic hydroxyl groups is 2. The van der Waals surface area contributed by atoms with Crippen LogP contribution in [0.3, 0.4) is 0 Å². The number of aliphatic hydroxyl groups excluding tert-OH is 1. The number of ether oxygens (including phenoxy) is 4. The minimum absolute atomic E-state index is 0.00644. The normalized spacial score (nSPS) is 34.8. The molecule has 5 aliphatic rings. The number of carbonyl (C=O) groups is 1. The zero-order chi connectivity index (χ0) is 24.3. The lowest BCUT2D eigenvalue weighted by atomic mass is 9.78. The van der Waals surface area contributed by atoms with E-state index in [9.17, 15) is 15.0 Å². The summed E-state index contributed by atoms with van der Waals surface area (Å²) in [5.74, 6) is -0.929. The number of hydrogen-bond acceptors (Lipinski definition) is 8. The van der Waals surface area contributed by atoms with Gasteiger partial charge in [-0.2, -0.15) is 0 Å². The van der Waals surface area contributed by atoms with Crippen molar-refractivity contribution < 1.29 is 39.1 Å². The molecule has 0 bridgehead atoms. The summed E-state index contributed by atoms with van der Waals surface area (Å²) in [6, 6.07) is 4.19. The summed E-state index contributed by atoms with van der Waals surface area (Å²) in [4.78, 5) is 13.0. The molecule has 2 saturated heterocycles. The van der Waals surface area contributed by atoms with Crippen molar-refractivity contribution in [3.05, 3.63) is 35.1 Å². The predicted octanol–water partition coefficient (Wildman–Crippen LogP) is 2.14. The van der Waals surface area contributed by atoms with Gasteiger partial charge in [0.25, 0.3) is 5.79 Å². The highest BCUT2D eigenvalue weighted by molar-refractivity contribution is 5.75. The molecule has 1 aliphatic carbocycles. The second-order valence-electron chi connectivity index (χ2n) is 10.4. The van der Waals surface area contributed by atoms with E-state index >= 15 is 0 Å². The molecule has 9 nitrogen and oxygen atoms in total. The first-order valence-electron chi connectivity index (χ1n) is 11.9. The van der Waals surface area contributed by atoms with Crippen LogP contribution in [-0.4, -0.2) is 76.2 Å². The van der Waals surface area contributed by atoms with Crippen molar-refractivity contribution in [3.8, 4) is 11.5 Å². The second-order valence-corrected chi connectivity index (χ2v) is 10.4. The Morgan fingerprint density at radius 3 is 2.50 bits per heavy atom. The summed E-state index contributed by atoms with van der Waals surface area (Å²) in [6.07, 6.45) is 5.51. The van der Waals surface area contributed by atoms with Crippen molar-refractivity contribution >= 4 is 5.97 Å². The second kappa shape index (κ2) is 8.12. The summed E-state index contributed by atoms with van der Waals surface area (Å²) in [7, 11) is 1.65. The highest BCUT2D eigenvalue weighted by Gasteiger charge is 2.56. The van der Waals surface area contributed by atoms with Crippen molar-refractivity contribution in [2.24, 2.45) is 0 Å². The molecule has 1 aromatic rings. The molecule has 1 aromatic carbocycles. The Morgan fingerprint density at radius 2 is 1.88 bits per heavy atom. The Labute approximate surface area is 198 Å². The molecule has 1 spiro atoms. The molecule has 2 fully saturated rings. The van der Waals surface area contributed by atoms with E-state index in [1.165, 1.54) is 11.1 Å². The maximum Gasteiger partial charge on any atom is 0.364 e. The number of nitrogens with zero attached hydrogens (tertiary/aromatic N) is 1. The molecule has 1 unspecified atom stereocenters. The first kappa shape index (κ1) is 23.4. The molecule has 34 heavy (non-hydrogen) atoms. The Kier molecular flexibility index (Phi) is 5.59. The van der Waals surface area contributed by atoms with E-state index in [2.05, 4.69) is 23.1 Å². The van der Waals surface area contributed by atoms with Crippen LogP contribution in [0.15, 0.2) is 24.0 Å². The summed E-state index contributed by atoms with van der Waals surface area (Å²) in [5.41, 5.74) is 1.81. The standard InChI is InChI=1S/C18H21NO4.C7H12O4/c1-21-15-9-18-4-2-5-19(18)6-3-11-7-13-14(23-10-22-13)8-12(11)16(18)17(15)20;1-6(2)3-4-7(10,11-6)5(8)9/h7-9,16-17,20H,2-6,10H2,1H3;10H,3-4H2,1-2H3,(H,8,9)/t16-,17-,18+;/m1./s1. The Bertz CT molecular complexity index is 1020. The minimum atomic E-state index is -1.95. The average Bonchev–Trinajstić information content (AvgIpc) is 3.52. The number of aliphatic carboxylic acids is 1. The number of hydrogen-bond donors (Lipinski definition) is 3. The van der Waals surface area contributed by atoms with Crippen LogP contribution >= 0.6 is 0 Å². The number of benzene rings is 1. The number of carboxylic acids is 1. The van der Waals surface area contributed by atoms with Gasteiger partial charge in [0.1, 0.15) is 11.9 Å². The van der Waals surface area contributed by atoms with Crippen LogP contribution in [0.1, 0.15) is 56.6 Å². The van der Waals surface area contributed by atoms with Crippen LogP contribution in [0, 0.1) is 0 Å². The maximum absolute atomic E-state index is 11.0. The van der Waals surface area contributed by atoms with Crippen molar-refractivity contribution in [1.82, 2.24) is 4.90 Å². The van der Waals surface area contributed by atoms with Crippen molar-refractivity contribution in [1.29, 1.82) is 0 Å². The molecule has 4 aliphatic heterocycles. The number of rotatable bonds is 2. The highest BCUT2D eigenvalue weighted by Crippen LogP contribution is 2.54. The summed E-state index contributed by atoms with van der Waals surface area (Å²) < 4.78 is 21.6. The molecule has 186 valence electrons. The molecule has 0 radical (unpaired) electrons. The lowest BCUT2D eigenvalue weighted by Gasteiger charge is -2.38. The van der Waals surface area contributed by atoms with Gasteiger partial charge < -0.3 is 34.3 Å². The molecule has 0 amide bonds. The third kappa shape index (κ3) is 3.66. The molecule has 4 atom stereocenters. The van der Waals surface area contributed by atoms with Gasteiger partial charge in [-0.05, 0) is 75.4 Å². The number of fused-ring (bicyclic) bond motifs is 3. The van der Waals surface area contributed by atoms with Gasteiger partial charge in [-0.1, -0.05) is 0 Å². The van der Waals surface area contributed by atoms with Crippen LogP contribution in [0.4, 0.5) is 0 Å². The van der Waals surface area contributed by atoms with Crippen molar-refractivity contribution in [2.75, 3.05) is 27.0 Å². The van der Waals surface area contributed by atoms with E-state index < -0.39 is 23.5 Å². The van der Waals surface area contributed by atoms with Crippen LogP contribution < -0.4 is 9.47 Å². The van der Waals surface area contributed by atoms with Gasteiger partial charge in [0.05, 0.1) is 18.2 Å². The SMILES string of the molecule is CC1(C)CCC(O)(C(=O)O)O1.COC1=C[C@]23CCCN2CCc2cc4c(cc2[C@@H]3[C@@H]1O)OCO4. The summed E-state index contributed by atoms with van der Waals surface area (Å²) in [5, 5.41) is 28.8. The highest BCUT2D eigenvalue weighted by atomic mass is 16.7. The van der Waals surface area contributed by atoms with E-state index in [0.717, 1.165) is 43.9 Å². The molecule has 0 aromatic heterocycles. The van der Waals surface area contributed by atoms with Gasteiger partial charge in [-0.3, -0.25) is 4.90 Å². The van der Waals surface area contributed by atoms with E-state index in [-0.39, 0.29) is 24.7 Å². The molecule has 9 heteroatoms. The third-order valence-corrected chi connectivity index (χ3v) is 7.83. The zero-order valence-electron chi connectivity index (χ0n) is 19.9. The van der Waals surface area contributed by atoms with Gasteiger partial charge in [-0.25, -0.2) is 4.79 Å². The van der Waals surface area contributed by atoms with Gasteiger partial charge >= 0.3 is 5.97 Å². The minimum Gasteiger partial charge on any atom is -0.499 e. The molecule has 3 N–H and O–H groups in total. The lowest BCUT2D eigenvalue weighted by Crippen LogP contribution is -2.46. The first-order chi connectivity index (χ1) is 16.1. The summed E-state index contributed by atoms with van der Waals surface area (Å²) in [6.45, 7) is 5.88. The van der Waals surface area contributed by atoms with E-state index in [1.54, 1.807) is 21.0 Å². The van der Waals surface area contributed by atoms with Crippen LogP contribution in [-0.2, 0) is 20.7 Å². The Morgan fingerprint density at radius 1 is 1.15 bits per heavy atom. The molecular weight excluding hydrogens is 442 g/mol. The van der Waals surface area contributed by atoms with Gasteiger partial charge in [-0.15, -0.1) is 0 Å². The monoisotopic (exact) mass is 475 g/mol. The van der Waals surface area contributed by atoms with Crippen LogP contribution in [0.2, 0.25) is 0 Å². The quantitative estimate of drug-likeness (QED) is 0.591. The fourth-order valence-corrected chi connectivity index (χ4v) is 6.17. The number of methoxy groups -OCH3 is 1. The maximum atomic E-state index is 11.0. The first-order valence-corrected chi connectivity index (χ1v) is 11.9. The third-order valence-electron chi connectivity index (χ3n) is 7.83. The molecule has 4 heterocycles. The topological polar surface area (TPSA) is 118 Å². The lowest BCUT2D eigenvalue weighted by molar-refractivity contribution is -0.229.